The molecule has 1 aromatic carbocycles. The highest BCUT2D eigenvalue weighted by Gasteiger charge is 2.22. The van der Waals surface area contributed by atoms with Gasteiger partial charge in [-0.1, -0.05) is 35.0 Å². The predicted molar refractivity (Wildman–Crippen MR) is 85.1 cm³/mol. The van der Waals surface area contributed by atoms with Gasteiger partial charge in [-0.25, -0.2) is 0 Å². The molecule has 1 saturated heterocycles. The van der Waals surface area contributed by atoms with Gasteiger partial charge in [0.2, 0.25) is 0 Å². The molecule has 3 atom stereocenters. The van der Waals surface area contributed by atoms with Gasteiger partial charge in [0.25, 0.3) is 0 Å². The van der Waals surface area contributed by atoms with Crippen LogP contribution in [0.15, 0.2) is 28.7 Å². The van der Waals surface area contributed by atoms with Crippen molar-refractivity contribution in [3.8, 4) is 0 Å². The molecule has 1 fully saturated rings. The normalized spacial score (nSPS) is 26.3. The average molecular weight is 325 g/mol. The molecule has 106 valence electrons. The van der Waals surface area contributed by atoms with Crippen molar-refractivity contribution in [1.29, 1.82) is 0 Å². The van der Waals surface area contributed by atoms with Crippen molar-refractivity contribution < 1.29 is 0 Å². The number of halogens is 1. The van der Waals surface area contributed by atoms with Crippen LogP contribution >= 0.6 is 15.9 Å². The zero-order valence-corrected chi connectivity index (χ0v) is 13.6. The molecule has 0 spiro atoms. The number of piperidine rings is 1. The molecule has 0 aromatic heterocycles. The Morgan fingerprint density at radius 2 is 2.00 bits per heavy atom. The van der Waals surface area contributed by atoms with E-state index in [-0.39, 0.29) is 6.04 Å². The molecule has 2 rings (SSSR count). The average Bonchev–Trinajstić information content (AvgIpc) is 2.38. The molecule has 0 bridgehead atoms. The summed E-state index contributed by atoms with van der Waals surface area (Å²) in [6.45, 7) is 7.06. The Morgan fingerprint density at radius 3 is 2.63 bits per heavy atom. The van der Waals surface area contributed by atoms with Crippen molar-refractivity contribution in [2.75, 3.05) is 13.1 Å². The number of hydrogen-bond donors (Lipinski definition) is 1. The first kappa shape index (κ1) is 15.0. The third kappa shape index (κ3) is 4.30. The minimum absolute atomic E-state index is 0.152. The summed E-state index contributed by atoms with van der Waals surface area (Å²) in [5.41, 5.74) is 7.53. The zero-order valence-electron chi connectivity index (χ0n) is 12.0. The van der Waals surface area contributed by atoms with Crippen molar-refractivity contribution in [2.45, 2.75) is 45.2 Å². The Bertz CT molecular complexity index is 390. The maximum absolute atomic E-state index is 6.29. The maximum Gasteiger partial charge on any atom is 0.0307 e. The molecule has 3 heteroatoms. The molecular formula is C16H25BrN2. The Hall–Kier alpha value is -0.380. The summed E-state index contributed by atoms with van der Waals surface area (Å²) in [5, 5.41) is 0. The van der Waals surface area contributed by atoms with Gasteiger partial charge in [-0.3, -0.25) is 0 Å². The molecule has 0 aliphatic carbocycles. The lowest BCUT2D eigenvalue weighted by atomic mass is 9.93. The molecule has 1 aromatic rings. The van der Waals surface area contributed by atoms with Gasteiger partial charge in [-0.15, -0.1) is 0 Å². The molecular weight excluding hydrogens is 300 g/mol. The van der Waals surface area contributed by atoms with Crippen molar-refractivity contribution >= 4 is 15.9 Å². The summed E-state index contributed by atoms with van der Waals surface area (Å²) < 4.78 is 1.11. The number of nitrogens with two attached hydrogens (primary N) is 1. The fourth-order valence-electron chi connectivity index (χ4n) is 2.97. The van der Waals surface area contributed by atoms with E-state index in [1.807, 2.05) is 0 Å². The Balaban J connectivity index is 1.83. The predicted octanol–water partition coefficient (Wildman–Crippen LogP) is 3.96. The van der Waals surface area contributed by atoms with Gasteiger partial charge in [0.05, 0.1) is 0 Å². The molecule has 0 saturated carbocycles. The molecule has 2 N–H and O–H groups in total. The zero-order chi connectivity index (χ0) is 13.8. The molecule has 1 aliphatic rings. The number of rotatable bonds is 4. The van der Waals surface area contributed by atoms with Crippen molar-refractivity contribution in [3.05, 3.63) is 34.3 Å². The first-order valence-electron chi connectivity index (χ1n) is 7.31. The van der Waals surface area contributed by atoms with Gasteiger partial charge in [0.15, 0.2) is 0 Å². The molecule has 0 radical (unpaired) electrons. The lowest BCUT2D eigenvalue weighted by molar-refractivity contribution is 0.125. The summed E-state index contributed by atoms with van der Waals surface area (Å²) in [5.74, 6) is 0.881. The molecule has 3 unspecified atom stereocenters. The van der Waals surface area contributed by atoms with Gasteiger partial charge in [-0.05, 0) is 56.3 Å². The fraction of sp³-hybridized carbons (Fsp3) is 0.625. The van der Waals surface area contributed by atoms with Crippen LogP contribution in [0.5, 0.6) is 0 Å². The lowest BCUT2D eigenvalue weighted by Gasteiger charge is -2.37. The molecule has 19 heavy (non-hydrogen) atoms. The summed E-state index contributed by atoms with van der Waals surface area (Å²) in [4.78, 5) is 2.60. The van der Waals surface area contributed by atoms with Crippen LogP contribution in [-0.2, 0) is 0 Å². The third-order valence-electron chi connectivity index (χ3n) is 4.30. The van der Waals surface area contributed by atoms with E-state index in [1.165, 1.54) is 24.9 Å². The van der Waals surface area contributed by atoms with Gasteiger partial charge in [0, 0.05) is 23.1 Å². The number of hydrogen-bond acceptors (Lipinski definition) is 2. The van der Waals surface area contributed by atoms with Crippen LogP contribution in [0.4, 0.5) is 0 Å². The van der Waals surface area contributed by atoms with E-state index in [9.17, 15) is 0 Å². The SMILES string of the molecule is CC1CCN(CCC(N)c2ccc(Br)cc2)C(C)C1. The van der Waals surface area contributed by atoms with E-state index in [0.29, 0.717) is 6.04 Å². The molecule has 2 nitrogen and oxygen atoms in total. The largest absolute Gasteiger partial charge is 0.324 e. The van der Waals surface area contributed by atoms with E-state index < -0.39 is 0 Å². The number of benzene rings is 1. The third-order valence-corrected chi connectivity index (χ3v) is 4.83. The lowest BCUT2D eigenvalue weighted by Crippen LogP contribution is -2.41. The second-order valence-electron chi connectivity index (χ2n) is 5.96. The van der Waals surface area contributed by atoms with Crippen LogP contribution < -0.4 is 5.73 Å². The van der Waals surface area contributed by atoms with Crippen LogP contribution in [0.2, 0.25) is 0 Å². The highest BCUT2D eigenvalue weighted by atomic mass is 79.9. The van der Waals surface area contributed by atoms with Crippen LogP contribution in [0, 0.1) is 5.92 Å². The molecule has 0 amide bonds. The smallest absolute Gasteiger partial charge is 0.0307 e. The molecule has 1 aliphatic heterocycles. The van der Waals surface area contributed by atoms with Crippen LogP contribution in [0.3, 0.4) is 0 Å². The summed E-state index contributed by atoms with van der Waals surface area (Å²) in [6, 6.07) is 9.24. The van der Waals surface area contributed by atoms with Crippen LogP contribution in [0.1, 0.15) is 44.7 Å². The van der Waals surface area contributed by atoms with Crippen molar-refractivity contribution in [1.82, 2.24) is 4.90 Å². The van der Waals surface area contributed by atoms with Gasteiger partial charge in [-0.2, -0.15) is 0 Å². The maximum atomic E-state index is 6.29. The topological polar surface area (TPSA) is 29.3 Å². The quantitative estimate of drug-likeness (QED) is 0.908. The summed E-state index contributed by atoms with van der Waals surface area (Å²) in [6.07, 6.45) is 3.70. The highest BCUT2D eigenvalue weighted by Crippen LogP contribution is 2.24. The van der Waals surface area contributed by atoms with E-state index in [1.54, 1.807) is 0 Å². The first-order chi connectivity index (χ1) is 9.06. The van der Waals surface area contributed by atoms with Crippen molar-refractivity contribution in [3.63, 3.8) is 0 Å². The fourth-order valence-corrected chi connectivity index (χ4v) is 3.23. The Morgan fingerprint density at radius 1 is 1.32 bits per heavy atom. The standard InChI is InChI=1S/C16H25BrN2/c1-12-7-9-19(13(2)11-12)10-8-16(18)14-3-5-15(17)6-4-14/h3-6,12-13,16H,7-11,18H2,1-2H3. The monoisotopic (exact) mass is 324 g/mol. The number of nitrogens with zero attached hydrogens (tertiary/aromatic N) is 1. The van der Waals surface area contributed by atoms with Gasteiger partial charge in [0.1, 0.15) is 0 Å². The van der Waals surface area contributed by atoms with E-state index in [4.69, 9.17) is 5.73 Å². The second kappa shape index (κ2) is 6.87. The van der Waals surface area contributed by atoms with Crippen LogP contribution in [0.25, 0.3) is 0 Å². The van der Waals surface area contributed by atoms with E-state index in [2.05, 4.69) is 58.9 Å². The number of likely N-dealkylation sites (tertiary alicyclic amines) is 1. The second-order valence-corrected chi connectivity index (χ2v) is 6.88. The van der Waals surface area contributed by atoms with Crippen molar-refractivity contribution in [2.24, 2.45) is 11.7 Å². The van der Waals surface area contributed by atoms with Gasteiger partial charge < -0.3 is 10.6 Å². The van der Waals surface area contributed by atoms with E-state index in [0.717, 1.165) is 23.4 Å². The minimum atomic E-state index is 0.152. The highest BCUT2D eigenvalue weighted by molar-refractivity contribution is 9.10. The van der Waals surface area contributed by atoms with Gasteiger partial charge >= 0.3 is 0 Å². The summed E-state index contributed by atoms with van der Waals surface area (Å²) >= 11 is 3.46. The van der Waals surface area contributed by atoms with E-state index >= 15 is 0 Å². The minimum Gasteiger partial charge on any atom is -0.324 e. The summed E-state index contributed by atoms with van der Waals surface area (Å²) in [7, 11) is 0. The first-order valence-corrected chi connectivity index (χ1v) is 8.10. The Labute approximate surface area is 125 Å². The Kier molecular flexibility index (Phi) is 5.43. The molecule has 1 heterocycles. The van der Waals surface area contributed by atoms with Crippen LogP contribution in [-0.4, -0.2) is 24.0 Å².